The normalized spacial score (nSPS) is 21.0. The SMILES string of the molecule is Cc1oc(-c2cccs2)nc1CC(=O)N1CCC(C)CC1C(=O)O. The molecule has 3 heterocycles. The standard InChI is InChI=1S/C17H20N2O4S/c1-10-5-6-19(13(8-10)17(21)22)15(20)9-12-11(2)23-16(18-12)14-4-3-7-24-14/h3-4,7,10,13H,5-6,8-9H2,1-2H3,(H,21,22). The number of aryl methyl sites for hydroxylation is 1. The van der Waals surface area contributed by atoms with Crippen LogP contribution < -0.4 is 0 Å². The molecule has 2 atom stereocenters. The van der Waals surface area contributed by atoms with Gasteiger partial charge in [0.1, 0.15) is 11.8 Å². The van der Waals surface area contributed by atoms with Gasteiger partial charge in [-0.15, -0.1) is 11.3 Å². The number of carbonyl (C=O) groups excluding carboxylic acids is 1. The van der Waals surface area contributed by atoms with E-state index in [1.165, 1.54) is 16.2 Å². The summed E-state index contributed by atoms with van der Waals surface area (Å²) in [6.07, 6.45) is 1.39. The maximum absolute atomic E-state index is 12.6. The highest BCUT2D eigenvalue weighted by molar-refractivity contribution is 7.13. The first-order chi connectivity index (χ1) is 11.5. The Bertz CT molecular complexity index is 738. The smallest absolute Gasteiger partial charge is 0.326 e. The molecule has 2 unspecified atom stereocenters. The Labute approximate surface area is 144 Å². The van der Waals surface area contributed by atoms with Crippen molar-refractivity contribution in [3.63, 3.8) is 0 Å². The van der Waals surface area contributed by atoms with Crippen LogP contribution in [0.5, 0.6) is 0 Å². The number of oxazole rings is 1. The third kappa shape index (κ3) is 3.36. The van der Waals surface area contributed by atoms with Gasteiger partial charge in [-0.05, 0) is 37.1 Å². The minimum atomic E-state index is -0.939. The maximum Gasteiger partial charge on any atom is 0.326 e. The lowest BCUT2D eigenvalue weighted by Crippen LogP contribution is -2.50. The van der Waals surface area contributed by atoms with Crippen LogP contribution in [0.25, 0.3) is 10.8 Å². The minimum absolute atomic E-state index is 0.0683. The van der Waals surface area contributed by atoms with Gasteiger partial charge in [-0.2, -0.15) is 0 Å². The lowest BCUT2D eigenvalue weighted by atomic mass is 9.92. The van der Waals surface area contributed by atoms with E-state index in [1.807, 2.05) is 24.4 Å². The summed E-state index contributed by atoms with van der Waals surface area (Å²) in [7, 11) is 0. The second-order valence-corrected chi connectivity index (χ2v) is 7.19. The van der Waals surface area contributed by atoms with Crippen molar-refractivity contribution in [2.45, 2.75) is 39.2 Å². The molecule has 1 saturated heterocycles. The largest absolute Gasteiger partial charge is 0.480 e. The number of likely N-dealkylation sites (tertiary alicyclic amines) is 1. The summed E-state index contributed by atoms with van der Waals surface area (Å²) in [5, 5.41) is 11.3. The van der Waals surface area contributed by atoms with Crippen LogP contribution in [0.1, 0.15) is 31.2 Å². The number of aromatic nitrogens is 1. The molecule has 0 radical (unpaired) electrons. The molecule has 7 heteroatoms. The minimum Gasteiger partial charge on any atom is -0.480 e. The molecule has 1 amide bonds. The van der Waals surface area contributed by atoms with Gasteiger partial charge in [0.25, 0.3) is 0 Å². The molecule has 1 aliphatic rings. The zero-order chi connectivity index (χ0) is 17.3. The molecule has 0 bridgehead atoms. The highest BCUT2D eigenvalue weighted by Crippen LogP contribution is 2.27. The van der Waals surface area contributed by atoms with Crippen molar-refractivity contribution in [3.8, 4) is 10.8 Å². The van der Waals surface area contributed by atoms with Gasteiger partial charge in [0.2, 0.25) is 11.8 Å². The summed E-state index contributed by atoms with van der Waals surface area (Å²) < 4.78 is 5.65. The molecule has 1 N–H and O–H groups in total. The van der Waals surface area contributed by atoms with Crippen LogP contribution in [0.4, 0.5) is 0 Å². The van der Waals surface area contributed by atoms with E-state index in [0.717, 1.165) is 11.3 Å². The van der Waals surface area contributed by atoms with E-state index in [2.05, 4.69) is 4.98 Å². The predicted octanol–water partition coefficient (Wildman–Crippen LogP) is 2.97. The summed E-state index contributed by atoms with van der Waals surface area (Å²) >= 11 is 1.52. The summed E-state index contributed by atoms with van der Waals surface area (Å²) in [6.45, 7) is 4.28. The van der Waals surface area contributed by atoms with Crippen molar-refractivity contribution in [3.05, 3.63) is 29.0 Å². The topological polar surface area (TPSA) is 83.6 Å². The Balaban J connectivity index is 1.76. The van der Waals surface area contributed by atoms with E-state index < -0.39 is 12.0 Å². The third-order valence-electron chi connectivity index (χ3n) is 4.41. The highest BCUT2D eigenvalue weighted by Gasteiger charge is 2.35. The van der Waals surface area contributed by atoms with E-state index in [4.69, 9.17) is 4.42 Å². The molecule has 0 saturated carbocycles. The van der Waals surface area contributed by atoms with Crippen molar-refractivity contribution >= 4 is 23.2 Å². The van der Waals surface area contributed by atoms with E-state index in [9.17, 15) is 14.7 Å². The molecule has 128 valence electrons. The van der Waals surface area contributed by atoms with Crippen LogP contribution in [0, 0.1) is 12.8 Å². The summed E-state index contributed by atoms with van der Waals surface area (Å²) in [5.41, 5.74) is 0.575. The zero-order valence-electron chi connectivity index (χ0n) is 13.7. The zero-order valence-corrected chi connectivity index (χ0v) is 14.5. The number of rotatable bonds is 4. The fraction of sp³-hybridized carbons (Fsp3) is 0.471. The van der Waals surface area contributed by atoms with Gasteiger partial charge in [0.15, 0.2) is 0 Å². The van der Waals surface area contributed by atoms with Crippen LogP contribution in [0.3, 0.4) is 0 Å². The number of aliphatic carboxylic acids is 1. The lowest BCUT2D eigenvalue weighted by molar-refractivity contribution is -0.152. The molecule has 24 heavy (non-hydrogen) atoms. The molecule has 3 rings (SSSR count). The summed E-state index contributed by atoms with van der Waals surface area (Å²) in [4.78, 5) is 30.9. The van der Waals surface area contributed by atoms with Crippen molar-refractivity contribution in [2.75, 3.05) is 6.54 Å². The maximum atomic E-state index is 12.6. The number of hydrogen-bond donors (Lipinski definition) is 1. The average molecular weight is 348 g/mol. The van der Waals surface area contributed by atoms with Gasteiger partial charge in [0, 0.05) is 6.54 Å². The Morgan fingerprint density at radius 2 is 2.29 bits per heavy atom. The highest BCUT2D eigenvalue weighted by atomic mass is 32.1. The lowest BCUT2D eigenvalue weighted by Gasteiger charge is -2.36. The summed E-state index contributed by atoms with van der Waals surface area (Å²) in [5.74, 6) is 0.278. The number of amides is 1. The second-order valence-electron chi connectivity index (χ2n) is 6.25. The Morgan fingerprint density at radius 3 is 2.96 bits per heavy atom. The molecule has 0 spiro atoms. The first kappa shape index (κ1) is 16.7. The van der Waals surface area contributed by atoms with Crippen molar-refractivity contribution in [2.24, 2.45) is 5.92 Å². The van der Waals surface area contributed by atoms with Crippen LogP contribution in [-0.4, -0.2) is 39.5 Å². The fourth-order valence-corrected chi connectivity index (χ4v) is 3.67. The number of piperidine rings is 1. The van der Waals surface area contributed by atoms with Crippen molar-refractivity contribution in [1.82, 2.24) is 9.88 Å². The van der Waals surface area contributed by atoms with Gasteiger partial charge in [0.05, 0.1) is 17.0 Å². The monoisotopic (exact) mass is 348 g/mol. The van der Waals surface area contributed by atoms with Crippen LogP contribution in [-0.2, 0) is 16.0 Å². The van der Waals surface area contributed by atoms with Gasteiger partial charge in [-0.25, -0.2) is 9.78 Å². The van der Waals surface area contributed by atoms with E-state index in [-0.39, 0.29) is 12.3 Å². The van der Waals surface area contributed by atoms with Gasteiger partial charge < -0.3 is 14.4 Å². The summed E-state index contributed by atoms with van der Waals surface area (Å²) in [6, 6.07) is 3.08. The molecule has 0 aliphatic carbocycles. The quantitative estimate of drug-likeness (QED) is 0.918. The van der Waals surface area contributed by atoms with Crippen molar-refractivity contribution in [1.29, 1.82) is 0 Å². The van der Waals surface area contributed by atoms with E-state index >= 15 is 0 Å². The molecule has 2 aromatic rings. The number of carboxylic acid groups (broad SMARTS) is 1. The molecule has 1 aliphatic heterocycles. The Hall–Kier alpha value is -2.15. The van der Waals surface area contributed by atoms with Gasteiger partial charge >= 0.3 is 5.97 Å². The number of carboxylic acids is 1. The van der Waals surface area contributed by atoms with Crippen LogP contribution >= 0.6 is 11.3 Å². The molecule has 2 aromatic heterocycles. The van der Waals surface area contributed by atoms with Crippen molar-refractivity contribution < 1.29 is 19.1 Å². The molecular weight excluding hydrogens is 328 g/mol. The molecule has 6 nitrogen and oxygen atoms in total. The number of nitrogens with zero attached hydrogens (tertiary/aromatic N) is 2. The molecule has 1 fully saturated rings. The average Bonchev–Trinajstić information content (AvgIpc) is 3.17. The first-order valence-electron chi connectivity index (χ1n) is 7.98. The van der Waals surface area contributed by atoms with Crippen LogP contribution in [0.15, 0.2) is 21.9 Å². The van der Waals surface area contributed by atoms with Gasteiger partial charge in [-0.3, -0.25) is 4.79 Å². The number of hydrogen-bond acceptors (Lipinski definition) is 5. The van der Waals surface area contributed by atoms with Crippen LogP contribution in [0.2, 0.25) is 0 Å². The first-order valence-corrected chi connectivity index (χ1v) is 8.86. The Kier molecular flexibility index (Phi) is 4.71. The third-order valence-corrected chi connectivity index (χ3v) is 5.27. The molecule has 0 aromatic carbocycles. The van der Waals surface area contributed by atoms with E-state index in [1.54, 1.807) is 6.92 Å². The fourth-order valence-electron chi connectivity index (χ4n) is 3.02. The van der Waals surface area contributed by atoms with Gasteiger partial charge in [-0.1, -0.05) is 13.0 Å². The number of carbonyl (C=O) groups is 2. The molecular formula is C17H20N2O4S. The number of thiophene rings is 1. The second kappa shape index (κ2) is 6.76. The Morgan fingerprint density at radius 1 is 1.50 bits per heavy atom. The predicted molar refractivity (Wildman–Crippen MR) is 89.8 cm³/mol. The van der Waals surface area contributed by atoms with E-state index in [0.29, 0.717) is 36.2 Å².